The molecule has 0 fully saturated rings. The number of nitrogens with zero attached hydrogens (tertiary/aromatic N) is 5. The van der Waals surface area contributed by atoms with Crippen molar-refractivity contribution in [1.29, 1.82) is 0 Å². The van der Waals surface area contributed by atoms with E-state index >= 15 is 0 Å². The summed E-state index contributed by atoms with van der Waals surface area (Å²) in [4.78, 5) is 15.4. The Balaban J connectivity index is 1.76. The van der Waals surface area contributed by atoms with Gasteiger partial charge in [0.1, 0.15) is 11.6 Å². The summed E-state index contributed by atoms with van der Waals surface area (Å²) >= 11 is 6.12. The minimum Gasteiger partial charge on any atom is -0.363 e. The lowest BCUT2D eigenvalue weighted by molar-refractivity contribution is -0.137. The van der Waals surface area contributed by atoms with Crippen molar-refractivity contribution in [3.8, 4) is 0 Å². The lowest BCUT2D eigenvalue weighted by atomic mass is 10.2. The zero-order valence-corrected chi connectivity index (χ0v) is 21.0. The van der Waals surface area contributed by atoms with Crippen LogP contribution in [0.3, 0.4) is 0 Å². The normalized spacial score (nSPS) is 11.6. The predicted molar refractivity (Wildman–Crippen MR) is 137 cm³/mol. The predicted octanol–water partition coefficient (Wildman–Crippen LogP) is 5.92. The van der Waals surface area contributed by atoms with Gasteiger partial charge in [-0.1, -0.05) is 48.9 Å². The maximum atomic E-state index is 13.0. The Morgan fingerprint density at radius 2 is 1.66 bits per heavy atom. The van der Waals surface area contributed by atoms with Crippen LogP contribution in [0.2, 0.25) is 5.02 Å². The minimum atomic E-state index is -4.46. The Labute approximate surface area is 209 Å². The maximum absolute atomic E-state index is 13.0. The summed E-state index contributed by atoms with van der Waals surface area (Å²) in [6.07, 6.45) is -4.46. The van der Waals surface area contributed by atoms with E-state index in [2.05, 4.69) is 39.2 Å². The van der Waals surface area contributed by atoms with Gasteiger partial charge in [-0.2, -0.15) is 23.1 Å². The van der Waals surface area contributed by atoms with Crippen molar-refractivity contribution in [2.75, 3.05) is 55.9 Å². The molecule has 0 radical (unpaired) electrons. The summed E-state index contributed by atoms with van der Waals surface area (Å²) in [5.74, 6) is 1.59. The van der Waals surface area contributed by atoms with Crippen molar-refractivity contribution in [1.82, 2.24) is 14.9 Å². The van der Waals surface area contributed by atoms with Crippen molar-refractivity contribution < 1.29 is 13.2 Å². The number of hydrogen-bond acceptors (Lipinski definition) is 6. The maximum Gasteiger partial charge on any atom is 0.416 e. The summed E-state index contributed by atoms with van der Waals surface area (Å²) in [7, 11) is 5.64. The van der Waals surface area contributed by atoms with Crippen molar-refractivity contribution in [3.05, 3.63) is 70.7 Å². The van der Waals surface area contributed by atoms with E-state index < -0.39 is 11.7 Å². The molecule has 0 saturated carbocycles. The molecule has 2 aromatic carbocycles. The van der Waals surface area contributed by atoms with Gasteiger partial charge in [0.15, 0.2) is 0 Å². The van der Waals surface area contributed by atoms with Gasteiger partial charge >= 0.3 is 6.18 Å². The van der Waals surface area contributed by atoms with E-state index in [4.69, 9.17) is 11.6 Å². The van der Waals surface area contributed by atoms with Crippen molar-refractivity contribution in [2.45, 2.75) is 19.6 Å². The van der Waals surface area contributed by atoms with E-state index in [9.17, 15) is 13.2 Å². The molecule has 0 amide bonds. The molecule has 3 aromatic rings. The van der Waals surface area contributed by atoms with E-state index in [1.807, 2.05) is 49.1 Å². The van der Waals surface area contributed by atoms with Crippen LogP contribution in [0.5, 0.6) is 0 Å². The van der Waals surface area contributed by atoms with Crippen molar-refractivity contribution >= 4 is 34.9 Å². The monoisotopic (exact) mass is 506 g/mol. The van der Waals surface area contributed by atoms with Gasteiger partial charge in [0.25, 0.3) is 0 Å². The van der Waals surface area contributed by atoms with Gasteiger partial charge in [-0.15, -0.1) is 0 Å². The molecule has 3 rings (SSSR count). The van der Waals surface area contributed by atoms with Crippen molar-refractivity contribution in [3.63, 3.8) is 0 Å². The minimum absolute atomic E-state index is 0.0424. The van der Waals surface area contributed by atoms with Gasteiger partial charge in [0, 0.05) is 46.8 Å². The number of anilines is 4. The molecule has 1 aromatic heterocycles. The highest BCUT2D eigenvalue weighted by Gasteiger charge is 2.31. The first-order valence-electron chi connectivity index (χ1n) is 11.2. The third-order valence-corrected chi connectivity index (χ3v) is 5.82. The molecule has 0 atom stereocenters. The zero-order valence-electron chi connectivity index (χ0n) is 20.3. The summed E-state index contributed by atoms with van der Waals surface area (Å²) in [5, 5.41) is 2.99. The Morgan fingerprint density at radius 1 is 0.943 bits per heavy atom. The van der Waals surface area contributed by atoms with E-state index in [1.165, 1.54) is 11.6 Å². The summed E-state index contributed by atoms with van der Waals surface area (Å²) in [6, 6.07) is 15.2. The second-order valence-electron chi connectivity index (χ2n) is 8.40. The van der Waals surface area contributed by atoms with E-state index in [0.29, 0.717) is 29.8 Å². The molecule has 188 valence electrons. The van der Waals surface area contributed by atoms with Gasteiger partial charge in [0.2, 0.25) is 5.95 Å². The van der Waals surface area contributed by atoms with Crippen LogP contribution in [0.1, 0.15) is 18.1 Å². The SMILES string of the molecule is CCN(CCN(C)c1nc(Nc2ccc(C(F)(F)F)cc2Cl)cc(N(C)C)n1)Cc1ccccc1. The average molecular weight is 507 g/mol. The molecule has 35 heavy (non-hydrogen) atoms. The van der Waals surface area contributed by atoms with E-state index in [0.717, 1.165) is 31.8 Å². The molecule has 0 bridgehead atoms. The first-order chi connectivity index (χ1) is 16.6. The molecule has 1 N–H and O–H groups in total. The highest BCUT2D eigenvalue weighted by atomic mass is 35.5. The fourth-order valence-electron chi connectivity index (χ4n) is 3.40. The number of hydrogen-bond donors (Lipinski definition) is 1. The topological polar surface area (TPSA) is 47.5 Å². The lowest BCUT2D eigenvalue weighted by Gasteiger charge is -2.25. The zero-order chi connectivity index (χ0) is 25.6. The van der Waals surface area contributed by atoms with E-state index in [-0.39, 0.29) is 5.02 Å². The molecule has 0 aliphatic carbocycles. The highest BCUT2D eigenvalue weighted by Crippen LogP contribution is 2.35. The quantitative estimate of drug-likeness (QED) is 0.368. The standard InChI is InChI=1S/C25H30ClF3N6/c1-5-35(17-18-9-7-6-8-10-18)14-13-34(4)24-31-22(16-23(32-24)33(2)3)30-21-12-11-19(15-20(21)26)25(27,28)29/h6-12,15-16H,5,13-14,17H2,1-4H3,(H,30,31,32). The smallest absolute Gasteiger partial charge is 0.363 e. The summed E-state index contributed by atoms with van der Waals surface area (Å²) < 4.78 is 38.9. The van der Waals surface area contributed by atoms with Gasteiger partial charge in [-0.05, 0) is 30.3 Å². The van der Waals surface area contributed by atoms with Crippen LogP contribution in [0, 0.1) is 0 Å². The molecule has 6 nitrogen and oxygen atoms in total. The van der Waals surface area contributed by atoms with Gasteiger partial charge in [-0.25, -0.2) is 0 Å². The summed E-state index contributed by atoms with van der Waals surface area (Å²) in [6.45, 7) is 5.38. The molecule has 0 unspecified atom stereocenters. The number of halogens is 4. The van der Waals surface area contributed by atoms with Crippen LogP contribution in [0.4, 0.5) is 36.4 Å². The largest absolute Gasteiger partial charge is 0.416 e. The van der Waals surface area contributed by atoms with Gasteiger partial charge in [0.05, 0.1) is 16.3 Å². The van der Waals surface area contributed by atoms with Crippen LogP contribution in [0.15, 0.2) is 54.6 Å². The molecule has 0 aliphatic rings. The fraction of sp³-hybridized carbons (Fsp3) is 0.360. The molecule has 10 heteroatoms. The first-order valence-corrected chi connectivity index (χ1v) is 11.6. The van der Waals surface area contributed by atoms with Gasteiger partial charge < -0.3 is 15.1 Å². The average Bonchev–Trinajstić information content (AvgIpc) is 2.82. The lowest BCUT2D eigenvalue weighted by Crippen LogP contribution is -2.33. The molecule has 0 saturated heterocycles. The van der Waals surface area contributed by atoms with Crippen LogP contribution >= 0.6 is 11.6 Å². The van der Waals surface area contributed by atoms with Crippen LogP contribution in [-0.2, 0) is 12.7 Å². The van der Waals surface area contributed by atoms with Crippen LogP contribution in [0.25, 0.3) is 0 Å². The number of aromatic nitrogens is 2. The number of rotatable bonds is 10. The summed E-state index contributed by atoms with van der Waals surface area (Å²) in [5.41, 5.74) is 0.778. The molecule has 1 heterocycles. The van der Waals surface area contributed by atoms with Crippen LogP contribution < -0.4 is 15.1 Å². The molecular weight excluding hydrogens is 477 g/mol. The Bertz CT molecular complexity index is 1110. The third kappa shape index (κ3) is 7.47. The Morgan fingerprint density at radius 3 is 2.26 bits per heavy atom. The second-order valence-corrected chi connectivity index (χ2v) is 8.81. The van der Waals surface area contributed by atoms with Gasteiger partial charge in [-0.3, -0.25) is 4.90 Å². The second kappa shape index (κ2) is 11.6. The Kier molecular flexibility index (Phi) is 8.80. The number of benzene rings is 2. The van der Waals surface area contributed by atoms with E-state index in [1.54, 1.807) is 6.07 Å². The molecular formula is C25H30ClF3N6. The third-order valence-electron chi connectivity index (χ3n) is 5.51. The highest BCUT2D eigenvalue weighted by molar-refractivity contribution is 6.33. The number of alkyl halides is 3. The number of likely N-dealkylation sites (N-methyl/N-ethyl adjacent to an activating group) is 2. The number of nitrogens with one attached hydrogen (secondary N) is 1. The molecule has 0 aliphatic heterocycles. The fourth-order valence-corrected chi connectivity index (χ4v) is 3.63. The first kappa shape index (κ1) is 26.6. The van der Waals surface area contributed by atoms with Crippen molar-refractivity contribution in [2.24, 2.45) is 0 Å². The molecule has 0 spiro atoms. The van der Waals surface area contributed by atoms with Crippen LogP contribution in [-0.4, -0.2) is 55.6 Å². The Hall–Kier alpha value is -3.04.